The van der Waals surface area contributed by atoms with Gasteiger partial charge in [0.25, 0.3) is 5.91 Å². The largest absolute Gasteiger partial charge is 0.496 e. The summed E-state index contributed by atoms with van der Waals surface area (Å²) < 4.78 is 7.34. The Labute approximate surface area is 173 Å². The Morgan fingerprint density at radius 3 is 2.93 bits per heavy atom. The molecule has 0 unspecified atom stereocenters. The van der Waals surface area contributed by atoms with Crippen LogP contribution >= 0.6 is 22.9 Å². The van der Waals surface area contributed by atoms with E-state index in [-0.39, 0.29) is 5.91 Å². The van der Waals surface area contributed by atoms with Gasteiger partial charge >= 0.3 is 0 Å². The molecule has 0 saturated heterocycles. The molecule has 28 heavy (non-hydrogen) atoms. The van der Waals surface area contributed by atoms with Gasteiger partial charge in [0.1, 0.15) is 5.75 Å². The zero-order valence-corrected chi connectivity index (χ0v) is 17.2. The summed E-state index contributed by atoms with van der Waals surface area (Å²) in [6, 6.07) is 9.50. The summed E-state index contributed by atoms with van der Waals surface area (Å²) in [4.78, 5) is 16.6. The van der Waals surface area contributed by atoms with Crippen LogP contribution in [0.4, 0.5) is 0 Å². The second-order valence-corrected chi connectivity index (χ2v) is 8.15. The van der Waals surface area contributed by atoms with Gasteiger partial charge in [0, 0.05) is 49.5 Å². The van der Waals surface area contributed by atoms with Gasteiger partial charge < -0.3 is 14.6 Å². The molecule has 0 bridgehead atoms. The van der Waals surface area contributed by atoms with Crippen LogP contribution in [0.5, 0.6) is 5.75 Å². The lowest BCUT2D eigenvalue weighted by Crippen LogP contribution is -2.37. The topological polar surface area (TPSA) is 46.5 Å². The minimum absolute atomic E-state index is 0.175. The Balaban J connectivity index is 1.40. The minimum atomic E-state index is -0.175. The number of fused-ring (bicyclic) bond motifs is 1. The summed E-state index contributed by atoms with van der Waals surface area (Å²) in [5.41, 5.74) is 2.64. The standard InChI is InChI=1S/C21H22ClN3O2S/c1-27-19-13-18(25-7-2-3-8-25)17(22)12-16(19)21(26)23-6-10-24-9-4-20-15(14-24)5-11-28-20/h2-3,5,7-8,11-13H,4,6,9-10,14H2,1H3,(H,23,26). The van der Waals surface area contributed by atoms with Gasteiger partial charge in [0.15, 0.2) is 0 Å². The lowest BCUT2D eigenvalue weighted by Gasteiger charge is -2.26. The second kappa shape index (κ2) is 8.39. The number of halogens is 1. The molecule has 3 heterocycles. The number of carbonyl (C=O) groups excluding carboxylic acids is 1. The first-order chi connectivity index (χ1) is 13.7. The van der Waals surface area contributed by atoms with Crippen LogP contribution in [0, 0.1) is 0 Å². The Morgan fingerprint density at radius 1 is 1.32 bits per heavy atom. The van der Waals surface area contributed by atoms with Crippen molar-refractivity contribution in [2.45, 2.75) is 13.0 Å². The number of hydrogen-bond acceptors (Lipinski definition) is 4. The number of nitrogens with one attached hydrogen (secondary N) is 1. The molecule has 7 heteroatoms. The summed E-state index contributed by atoms with van der Waals surface area (Å²) in [6.45, 7) is 3.39. The fraction of sp³-hybridized carbons (Fsp3) is 0.286. The van der Waals surface area contributed by atoms with E-state index >= 15 is 0 Å². The maximum absolute atomic E-state index is 12.7. The zero-order valence-electron chi connectivity index (χ0n) is 15.7. The first-order valence-corrected chi connectivity index (χ1v) is 10.5. The SMILES string of the molecule is COc1cc(-n2cccc2)c(Cl)cc1C(=O)NCCN1CCc2sccc2C1. The van der Waals surface area contributed by atoms with E-state index in [0.717, 1.165) is 31.7 Å². The monoisotopic (exact) mass is 415 g/mol. The third kappa shape index (κ3) is 3.94. The van der Waals surface area contributed by atoms with Crippen molar-refractivity contribution >= 4 is 28.8 Å². The van der Waals surface area contributed by atoms with Crippen molar-refractivity contribution in [2.24, 2.45) is 0 Å². The van der Waals surface area contributed by atoms with Crippen molar-refractivity contribution in [3.63, 3.8) is 0 Å². The fourth-order valence-electron chi connectivity index (χ4n) is 3.50. The summed E-state index contributed by atoms with van der Waals surface area (Å²) in [5, 5.41) is 5.66. The van der Waals surface area contributed by atoms with Gasteiger partial charge in [-0.25, -0.2) is 0 Å². The number of hydrogen-bond donors (Lipinski definition) is 1. The summed E-state index contributed by atoms with van der Waals surface area (Å²) in [7, 11) is 1.56. The average Bonchev–Trinajstić information content (AvgIpc) is 3.39. The van der Waals surface area contributed by atoms with Crippen LogP contribution < -0.4 is 10.1 Å². The number of ether oxygens (including phenoxy) is 1. The highest BCUT2D eigenvalue weighted by Gasteiger charge is 2.19. The van der Waals surface area contributed by atoms with Crippen LogP contribution in [-0.2, 0) is 13.0 Å². The average molecular weight is 416 g/mol. The lowest BCUT2D eigenvalue weighted by molar-refractivity contribution is 0.0944. The van der Waals surface area contributed by atoms with Crippen molar-refractivity contribution in [2.75, 3.05) is 26.7 Å². The van der Waals surface area contributed by atoms with Crippen molar-refractivity contribution in [1.29, 1.82) is 0 Å². The molecular weight excluding hydrogens is 394 g/mol. The number of nitrogens with zero attached hydrogens (tertiary/aromatic N) is 2. The number of methoxy groups -OCH3 is 1. The number of aromatic nitrogens is 1. The van der Waals surface area contributed by atoms with E-state index in [1.807, 2.05) is 40.4 Å². The number of amides is 1. The Morgan fingerprint density at radius 2 is 2.14 bits per heavy atom. The quantitative estimate of drug-likeness (QED) is 0.662. The molecule has 4 rings (SSSR count). The molecule has 3 aromatic rings. The van der Waals surface area contributed by atoms with Crippen LogP contribution in [0.2, 0.25) is 5.02 Å². The molecule has 1 aliphatic rings. The summed E-state index contributed by atoms with van der Waals surface area (Å²) in [6.07, 6.45) is 4.89. The maximum atomic E-state index is 12.7. The summed E-state index contributed by atoms with van der Waals surface area (Å²) in [5.74, 6) is 0.331. The zero-order chi connectivity index (χ0) is 19.5. The van der Waals surface area contributed by atoms with Crippen molar-refractivity contribution in [3.8, 4) is 11.4 Å². The maximum Gasteiger partial charge on any atom is 0.255 e. The van der Waals surface area contributed by atoms with Crippen LogP contribution in [-0.4, -0.2) is 42.1 Å². The van der Waals surface area contributed by atoms with Gasteiger partial charge in [-0.1, -0.05) is 11.6 Å². The van der Waals surface area contributed by atoms with E-state index in [2.05, 4.69) is 21.7 Å². The Hall–Kier alpha value is -2.28. The van der Waals surface area contributed by atoms with Crippen LogP contribution in [0.15, 0.2) is 48.1 Å². The molecule has 0 saturated carbocycles. The van der Waals surface area contributed by atoms with E-state index in [4.69, 9.17) is 16.3 Å². The normalized spacial score (nSPS) is 13.9. The minimum Gasteiger partial charge on any atom is -0.496 e. The number of benzene rings is 1. The molecule has 1 amide bonds. The van der Waals surface area contributed by atoms with E-state index < -0.39 is 0 Å². The third-order valence-corrected chi connectivity index (χ3v) is 6.32. The van der Waals surface area contributed by atoms with Gasteiger partial charge in [-0.3, -0.25) is 9.69 Å². The first-order valence-electron chi connectivity index (χ1n) is 9.22. The summed E-state index contributed by atoms with van der Waals surface area (Å²) >= 11 is 8.26. The molecule has 0 aliphatic carbocycles. The number of rotatable bonds is 6. The predicted octanol–water partition coefficient (Wildman–Crippen LogP) is 3.99. The Kier molecular flexibility index (Phi) is 5.71. The molecule has 0 spiro atoms. The lowest BCUT2D eigenvalue weighted by atomic mass is 10.1. The molecular formula is C21H22ClN3O2S. The van der Waals surface area contributed by atoms with Crippen LogP contribution in [0.1, 0.15) is 20.8 Å². The molecule has 5 nitrogen and oxygen atoms in total. The highest BCUT2D eigenvalue weighted by Crippen LogP contribution is 2.30. The van der Waals surface area contributed by atoms with E-state index in [0.29, 0.717) is 22.9 Å². The molecule has 0 radical (unpaired) electrons. The van der Waals surface area contributed by atoms with Gasteiger partial charge in [-0.15, -0.1) is 11.3 Å². The van der Waals surface area contributed by atoms with E-state index in [9.17, 15) is 4.79 Å². The van der Waals surface area contributed by atoms with Crippen LogP contribution in [0.25, 0.3) is 5.69 Å². The van der Waals surface area contributed by atoms with Gasteiger partial charge in [-0.05, 0) is 41.6 Å². The van der Waals surface area contributed by atoms with Crippen molar-refractivity contribution in [1.82, 2.24) is 14.8 Å². The highest BCUT2D eigenvalue weighted by molar-refractivity contribution is 7.10. The molecule has 146 valence electrons. The van der Waals surface area contributed by atoms with Crippen molar-refractivity contribution in [3.05, 3.63) is 69.1 Å². The molecule has 0 atom stereocenters. The smallest absolute Gasteiger partial charge is 0.255 e. The highest BCUT2D eigenvalue weighted by atomic mass is 35.5. The third-order valence-electron chi connectivity index (χ3n) is 5.00. The van der Waals surface area contributed by atoms with Gasteiger partial charge in [0.05, 0.1) is 23.4 Å². The second-order valence-electron chi connectivity index (χ2n) is 6.75. The number of carbonyl (C=O) groups is 1. The Bertz CT molecular complexity index is 968. The fourth-order valence-corrected chi connectivity index (χ4v) is 4.65. The van der Waals surface area contributed by atoms with Gasteiger partial charge in [0.2, 0.25) is 0 Å². The molecule has 1 aromatic carbocycles. The van der Waals surface area contributed by atoms with E-state index in [1.165, 1.54) is 10.4 Å². The predicted molar refractivity (Wildman–Crippen MR) is 113 cm³/mol. The molecule has 1 N–H and O–H groups in total. The van der Waals surface area contributed by atoms with E-state index in [1.54, 1.807) is 19.2 Å². The van der Waals surface area contributed by atoms with Gasteiger partial charge in [-0.2, -0.15) is 0 Å². The van der Waals surface area contributed by atoms with Crippen molar-refractivity contribution < 1.29 is 9.53 Å². The first kappa shape index (κ1) is 19.1. The molecule has 0 fully saturated rings. The van der Waals surface area contributed by atoms with Crippen LogP contribution in [0.3, 0.4) is 0 Å². The number of thiophene rings is 1. The molecule has 2 aromatic heterocycles. The molecule has 1 aliphatic heterocycles.